The van der Waals surface area contributed by atoms with Crippen LogP contribution in [0.25, 0.3) is 66.1 Å². The second kappa shape index (κ2) is 10.6. The zero-order valence-corrected chi connectivity index (χ0v) is 26.9. The van der Waals surface area contributed by atoms with Crippen molar-refractivity contribution in [3.63, 3.8) is 0 Å². The summed E-state index contributed by atoms with van der Waals surface area (Å²) in [5.74, 6) is 0. The first kappa shape index (κ1) is 29.6. The zero-order chi connectivity index (χ0) is 33.5. The highest BCUT2D eigenvalue weighted by atomic mass is 19.4. The standard InChI is InChI=1S/C42H30F3N3/c1-24-11-7-17-32-38(24)39-25(2)12-8-18-33(39)47(32)36-22-30(29-15-5-6-16-31(29)42(43,44)45)37(21-28(36)23-46)48-34-19-9-13-26(3)40(34)41-27(4)14-10-20-35(41)48/h5-22H,1-4H3. The SMILES string of the molecule is Cc1cccc2c1c1c(C)cccc1n2-c1cc(-c2ccccc2C(F)(F)F)c(-n2c3cccc(C)c3c3c(C)cccc32)cc1C#N. The van der Waals surface area contributed by atoms with Crippen molar-refractivity contribution in [2.24, 2.45) is 0 Å². The van der Waals surface area contributed by atoms with E-state index >= 15 is 0 Å². The topological polar surface area (TPSA) is 33.6 Å². The molecule has 0 aliphatic rings. The molecular weight excluding hydrogens is 603 g/mol. The molecule has 6 aromatic carbocycles. The number of rotatable bonds is 3. The molecule has 0 unspecified atom stereocenters. The molecule has 0 amide bonds. The van der Waals surface area contributed by atoms with Gasteiger partial charge in [0.05, 0.1) is 44.6 Å². The number of halogens is 3. The number of hydrogen-bond acceptors (Lipinski definition) is 1. The number of aromatic nitrogens is 2. The van der Waals surface area contributed by atoms with E-state index in [-0.39, 0.29) is 5.56 Å². The lowest BCUT2D eigenvalue weighted by Crippen LogP contribution is -2.09. The Morgan fingerprint density at radius 3 is 1.33 bits per heavy atom. The summed E-state index contributed by atoms with van der Waals surface area (Å²) in [6.45, 7) is 8.22. The molecule has 0 aliphatic heterocycles. The van der Waals surface area contributed by atoms with Crippen molar-refractivity contribution in [3.05, 3.63) is 143 Å². The summed E-state index contributed by atoms with van der Waals surface area (Å²) in [6, 6.07) is 35.8. The van der Waals surface area contributed by atoms with Crippen molar-refractivity contribution in [2.45, 2.75) is 33.9 Å². The molecular formula is C42H30F3N3. The normalized spacial score (nSPS) is 12.0. The van der Waals surface area contributed by atoms with E-state index in [1.165, 1.54) is 12.1 Å². The summed E-state index contributed by atoms with van der Waals surface area (Å²) >= 11 is 0. The van der Waals surface area contributed by atoms with Crippen LogP contribution in [0.15, 0.2) is 109 Å². The summed E-state index contributed by atoms with van der Waals surface area (Å²) in [7, 11) is 0. The van der Waals surface area contributed by atoms with Crippen LogP contribution in [0.3, 0.4) is 0 Å². The lowest BCUT2D eigenvalue weighted by molar-refractivity contribution is -0.137. The number of nitriles is 1. The van der Waals surface area contributed by atoms with Gasteiger partial charge in [0, 0.05) is 27.1 Å². The Labute approximate surface area is 275 Å². The average molecular weight is 634 g/mol. The number of fused-ring (bicyclic) bond motifs is 6. The van der Waals surface area contributed by atoms with Gasteiger partial charge in [0.25, 0.3) is 0 Å². The molecule has 2 aromatic heterocycles. The average Bonchev–Trinajstić information content (AvgIpc) is 3.60. The minimum Gasteiger partial charge on any atom is -0.309 e. The van der Waals surface area contributed by atoms with E-state index in [2.05, 4.69) is 58.0 Å². The first-order chi connectivity index (χ1) is 23.1. The third kappa shape index (κ3) is 4.21. The van der Waals surface area contributed by atoms with Crippen molar-refractivity contribution in [2.75, 3.05) is 0 Å². The van der Waals surface area contributed by atoms with Crippen LogP contribution in [0.5, 0.6) is 0 Å². The Bertz CT molecular complexity index is 2540. The van der Waals surface area contributed by atoms with Gasteiger partial charge in [-0.2, -0.15) is 18.4 Å². The van der Waals surface area contributed by atoms with E-state index in [4.69, 9.17) is 0 Å². The van der Waals surface area contributed by atoms with Gasteiger partial charge >= 0.3 is 6.18 Å². The third-order valence-electron chi connectivity index (χ3n) is 9.71. The van der Waals surface area contributed by atoms with Gasteiger partial charge in [0.15, 0.2) is 0 Å². The Hall–Kier alpha value is -5.80. The van der Waals surface area contributed by atoms with Crippen LogP contribution in [-0.2, 0) is 6.18 Å². The van der Waals surface area contributed by atoms with Gasteiger partial charge in [0.2, 0.25) is 0 Å². The summed E-state index contributed by atoms with van der Waals surface area (Å²) in [5.41, 5.74) is 8.90. The van der Waals surface area contributed by atoms with Crippen LogP contribution in [0.4, 0.5) is 13.2 Å². The summed E-state index contributed by atoms with van der Waals surface area (Å²) in [4.78, 5) is 0. The van der Waals surface area contributed by atoms with Gasteiger partial charge in [-0.3, -0.25) is 0 Å². The minimum atomic E-state index is -4.60. The lowest BCUT2D eigenvalue weighted by atomic mass is 9.95. The van der Waals surface area contributed by atoms with Crippen LogP contribution in [0.1, 0.15) is 33.4 Å². The van der Waals surface area contributed by atoms with Crippen molar-refractivity contribution in [3.8, 4) is 28.6 Å². The molecule has 8 aromatic rings. The Kier molecular flexibility index (Phi) is 6.54. The van der Waals surface area contributed by atoms with Crippen molar-refractivity contribution >= 4 is 43.6 Å². The molecule has 48 heavy (non-hydrogen) atoms. The molecule has 8 rings (SSSR count). The van der Waals surface area contributed by atoms with Crippen LogP contribution < -0.4 is 0 Å². The Balaban J connectivity index is 1.59. The van der Waals surface area contributed by atoms with Crippen molar-refractivity contribution in [1.29, 1.82) is 5.26 Å². The number of aryl methyl sites for hydroxylation is 4. The zero-order valence-electron chi connectivity index (χ0n) is 26.9. The summed E-state index contributed by atoms with van der Waals surface area (Å²) in [6.07, 6.45) is -4.60. The molecule has 0 saturated heterocycles. The first-order valence-corrected chi connectivity index (χ1v) is 15.8. The third-order valence-corrected chi connectivity index (χ3v) is 9.71. The highest BCUT2D eigenvalue weighted by molar-refractivity contribution is 6.14. The summed E-state index contributed by atoms with van der Waals surface area (Å²) in [5, 5.41) is 15.0. The molecule has 6 heteroatoms. The largest absolute Gasteiger partial charge is 0.417 e. The predicted octanol–water partition coefficient (Wildman–Crippen LogP) is 11.7. The number of nitrogens with zero attached hydrogens (tertiary/aromatic N) is 3. The summed E-state index contributed by atoms with van der Waals surface area (Å²) < 4.78 is 48.4. The van der Waals surface area contributed by atoms with Crippen LogP contribution in [0, 0.1) is 39.0 Å². The molecule has 0 spiro atoms. The molecule has 2 heterocycles. The Morgan fingerprint density at radius 2 is 0.917 bits per heavy atom. The molecule has 0 aliphatic carbocycles. The fraction of sp³-hybridized carbons (Fsp3) is 0.119. The van der Waals surface area contributed by atoms with Gasteiger partial charge in [-0.05, 0) is 98.0 Å². The van der Waals surface area contributed by atoms with Gasteiger partial charge in [0.1, 0.15) is 6.07 Å². The molecule has 0 atom stereocenters. The van der Waals surface area contributed by atoms with E-state index in [0.29, 0.717) is 22.5 Å². The number of hydrogen-bond donors (Lipinski definition) is 0. The number of benzene rings is 6. The van der Waals surface area contributed by atoms with E-state index in [1.54, 1.807) is 18.2 Å². The monoisotopic (exact) mass is 633 g/mol. The van der Waals surface area contributed by atoms with Crippen LogP contribution in [0.2, 0.25) is 0 Å². The van der Waals surface area contributed by atoms with Crippen molar-refractivity contribution < 1.29 is 13.2 Å². The molecule has 0 bridgehead atoms. The van der Waals surface area contributed by atoms with Gasteiger partial charge in [-0.15, -0.1) is 0 Å². The number of alkyl halides is 3. The Morgan fingerprint density at radius 1 is 0.500 bits per heavy atom. The fourth-order valence-corrected chi connectivity index (χ4v) is 7.65. The van der Waals surface area contributed by atoms with E-state index in [0.717, 1.165) is 71.9 Å². The van der Waals surface area contributed by atoms with Gasteiger partial charge in [-0.1, -0.05) is 66.7 Å². The van der Waals surface area contributed by atoms with Crippen molar-refractivity contribution in [1.82, 2.24) is 9.13 Å². The van der Waals surface area contributed by atoms with E-state index in [9.17, 15) is 18.4 Å². The molecule has 234 valence electrons. The smallest absolute Gasteiger partial charge is 0.309 e. The second-order valence-corrected chi connectivity index (χ2v) is 12.6. The van der Waals surface area contributed by atoms with Crippen LogP contribution >= 0.6 is 0 Å². The lowest BCUT2D eigenvalue weighted by Gasteiger charge is -2.21. The van der Waals surface area contributed by atoms with Gasteiger partial charge in [-0.25, -0.2) is 0 Å². The molecule has 0 fully saturated rings. The van der Waals surface area contributed by atoms with E-state index in [1.807, 2.05) is 57.7 Å². The molecule has 0 N–H and O–H groups in total. The molecule has 0 saturated carbocycles. The maximum Gasteiger partial charge on any atom is 0.417 e. The second-order valence-electron chi connectivity index (χ2n) is 12.6. The maximum atomic E-state index is 14.8. The first-order valence-electron chi connectivity index (χ1n) is 15.8. The van der Waals surface area contributed by atoms with E-state index < -0.39 is 11.7 Å². The molecule has 3 nitrogen and oxygen atoms in total. The maximum absolute atomic E-state index is 14.8. The predicted molar refractivity (Wildman–Crippen MR) is 189 cm³/mol. The van der Waals surface area contributed by atoms with Crippen LogP contribution in [-0.4, -0.2) is 9.13 Å². The fourth-order valence-electron chi connectivity index (χ4n) is 7.65. The van der Waals surface area contributed by atoms with Gasteiger partial charge < -0.3 is 9.13 Å². The minimum absolute atomic E-state index is 0.0502. The highest BCUT2D eigenvalue weighted by Gasteiger charge is 2.35. The molecule has 0 radical (unpaired) electrons. The quantitative estimate of drug-likeness (QED) is 0.191. The highest BCUT2D eigenvalue weighted by Crippen LogP contribution is 2.45.